The molecule has 3 nitrogen and oxygen atoms in total. The van der Waals surface area contributed by atoms with Crippen LogP contribution in [0.5, 0.6) is 0 Å². The Labute approximate surface area is 120 Å². The van der Waals surface area contributed by atoms with Crippen LogP contribution in [0.1, 0.15) is 19.4 Å². The molecular formula is C15H14BrNO2. The zero-order valence-electron chi connectivity index (χ0n) is 10.8. The van der Waals surface area contributed by atoms with E-state index in [9.17, 15) is 4.79 Å². The lowest BCUT2D eigenvalue weighted by molar-refractivity contribution is -0.110. The van der Waals surface area contributed by atoms with Crippen LogP contribution >= 0.6 is 15.9 Å². The van der Waals surface area contributed by atoms with Crippen molar-refractivity contribution < 1.29 is 9.53 Å². The van der Waals surface area contributed by atoms with Crippen molar-refractivity contribution in [1.82, 2.24) is 0 Å². The van der Waals surface area contributed by atoms with E-state index in [-0.39, 0.29) is 5.91 Å². The number of rotatable bonds is 3. The minimum Gasteiger partial charge on any atom is -0.463 e. The van der Waals surface area contributed by atoms with Crippen LogP contribution in [0.3, 0.4) is 0 Å². The van der Waals surface area contributed by atoms with Gasteiger partial charge in [0.1, 0.15) is 5.76 Å². The van der Waals surface area contributed by atoms with Crippen LogP contribution in [-0.4, -0.2) is 5.91 Å². The van der Waals surface area contributed by atoms with Crippen molar-refractivity contribution in [3.05, 3.63) is 58.5 Å². The van der Waals surface area contributed by atoms with Gasteiger partial charge in [0.25, 0.3) is 5.91 Å². The summed E-state index contributed by atoms with van der Waals surface area (Å²) >= 11 is 3.41. The second kappa shape index (κ2) is 5.45. The summed E-state index contributed by atoms with van der Waals surface area (Å²) in [7, 11) is 0. The highest BCUT2D eigenvalue weighted by atomic mass is 79.9. The second-order valence-corrected chi connectivity index (χ2v) is 5.11. The molecule has 0 fully saturated rings. The fourth-order valence-electron chi connectivity index (χ4n) is 1.82. The third kappa shape index (κ3) is 2.96. The first-order chi connectivity index (χ1) is 9.01. The second-order valence-electron chi connectivity index (χ2n) is 4.20. The maximum Gasteiger partial charge on any atom is 0.256 e. The molecule has 0 radical (unpaired) electrons. The van der Waals surface area contributed by atoms with Gasteiger partial charge in [0.05, 0.1) is 11.3 Å². The van der Waals surface area contributed by atoms with Crippen molar-refractivity contribution in [2.24, 2.45) is 0 Å². The monoisotopic (exact) mass is 319 g/mol. The van der Waals surface area contributed by atoms with Gasteiger partial charge in [-0.2, -0.15) is 0 Å². The van der Waals surface area contributed by atoms with Crippen molar-refractivity contribution in [3.63, 3.8) is 0 Å². The quantitative estimate of drug-likeness (QED) is 0.668. The number of allylic oxidation sites excluding steroid dienone is 3. The molecule has 1 heterocycles. The summed E-state index contributed by atoms with van der Waals surface area (Å²) in [6.45, 7) is 7.31. The Balaban J connectivity index is 2.43. The smallest absolute Gasteiger partial charge is 0.256 e. The summed E-state index contributed by atoms with van der Waals surface area (Å²) in [5, 5.41) is 2.82. The van der Waals surface area contributed by atoms with Gasteiger partial charge in [0.2, 0.25) is 0 Å². The van der Waals surface area contributed by atoms with E-state index in [4.69, 9.17) is 4.74 Å². The maximum atomic E-state index is 12.0. The molecule has 0 saturated carbocycles. The minimum atomic E-state index is -0.127. The number of fused-ring (bicyclic) bond motifs is 1. The number of benzene rings is 1. The van der Waals surface area contributed by atoms with Crippen LogP contribution in [0.15, 0.2) is 52.9 Å². The van der Waals surface area contributed by atoms with Crippen LogP contribution < -0.4 is 5.32 Å². The van der Waals surface area contributed by atoms with Crippen LogP contribution in [0.25, 0.3) is 5.57 Å². The molecule has 0 spiro atoms. The number of nitrogens with one attached hydrogen (secondary N) is 1. The normalized spacial score (nSPS) is 16.3. The lowest BCUT2D eigenvalue weighted by atomic mass is 10.1. The fourth-order valence-corrected chi connectivity index (χ4v) is 2.18. The zero-order chi connectivity index (χ0) is 14.0. The average molecular weight is 320 g/mol. The highest BCUT2D eigenvalue weighted by molar-refractivity contribution is 9.10. The number of hydrogen-bond acceptors (Lipinski definition) is 2. The van der Waals surface area contributed by atoms with E-state index in [0.717, 1.165) is 15.7 Å². The molecule has 0 atom stereocenters. The van der Waals surface area contributed by atoms with Gasteiger partial charge in [-0.05, 0) is 44.2 Å². The van der Waals surface area contributed by atoms with Gasteiger partial charge in [0.15, 0.2) is 0 Å². The third-order valence-corrected chi connectivity index (χ3v) is 3.12. The molecule has 19 heavy (non-hydrogen) atoms. The third-order valence-electron chi connectivity index (χ3n) is 2.63. The predicted octanol–water partition coefficient (Wildman–Crippen LogP) is 4.24. The highest BCUT2D eigenvalue weighted by Crippen LogP contribution is 2.34. The molecule has 1 aromatic rings. The van der Waals surface area contributed by atoms with Crippen molar-refractivity contribution in [2.45, 2.75) is 13.8 Å². The summed E-state index contributed by atoms with van der Waals surface area (Å²) in [5.41, 5.74) is 2.26. The number of anilines is 1. The standard InChI is InChI=1S/C15H14BrNO2/c1-4-11(19-9(2)3)8-13-12-7-10(16)5-6-14(12)17-15(13)18/h4-8H,2H2,1,3H3,(H,17,18)/b11-4-,13-8-. The lowest BCUT2D eigenvalue weighted by Crippen LogP contribution is -2.04. The molecule has 1 N–H and O–H groups in total. The Morgan fingerprint density at radius 1 is 1.47 bits per heavy atom. The summed E-state index contributed by atoms with van der Waals surface area (Å²) < 4.78 is 6.38. The van der Waals surface area contributed by atoms with E-state index in [2.05, 4.69) is 27.8 Å². The zero-order valence-corrected chi connectivity index (χ0v) is 12.4. The first kappa shape index (κ1) is 13.6. The van der Waals surface area contributed by atoms with E-state index in [1.54, 1.807) is 19.1 Å². The van der Waals surface area contributed by atoms with Gasteiger partial charge in [-0.15, -0.1) is 0 Å². The molecule has 0 bridgehead atoms. The van der Waals surface area contributed by atoms with E-state index in [1.807, 2.05) is 25.1 Å². The Morgan fingerprint density at radius 3 is 2.84 bits per heavy atom. The van der Waals surface area contributed by atoms with Gasteiger partial charge >= 0.3 is 0 Å². The predicted molar refractivity (Wildman–Crippen MR) is 80.4 cm³/mol. The van der Waals surface area contributed by atoms with Crippen molar-refractivity contribution in [1.29, 1.82) is 0 Å². The lowest BCUT2D eigenvalue weighted by Gasteiger charge is -2.06. The van der Waals surface area contributed by atoms with Crippen LogP contribution in [-0.2, 0) is 9.53 Å². The van der Waals surface area contributed by atoms with Crippen LogP contribution in [0.4, 0.5) is 5.69 Å². The molecule has 0 unspecified atom stereocenters. The molecule has 4 heteroatoms. The number of carbonyl (C=O) groups excluding carboxylic acids is 1. The number of hydrogen-bond donors (Lipinski definition) is 1. The Bertz CT molecular complexity index is 615. The van der Waals surface area contributed by atoms with Crippen LogP contribution in [0, 0.1) is 0 Å². The molecule has 0 aromatic heterocycles. The number of carbonyl (C=O) groups is 1. The molecule has 1 aromatic carbocycles. The molecule has 98 valence electrons. The number of halogens is 1. The summed E-state index contributed by atoms with van der Waals surface area (Å²) in [5.74, 6) is 1.06. The van der Waals surface area contributed by atoms with Gasteiger partial charge in [-0.1, -0.05) is 22.5 Å². The molecule has 0 saturated heterocycles. The van der Waals surface area contributed by atoms with E-state index < -0.39 is 0 Å². The number of ether oxygens (including phenoxy) is 1. The molecular weight excluding hydrogens is 306 g/mol. The van der Waals surface area contributed by atoms with Crippen LogP contribution in [0.2, 0.25) is 0 Å². The van der Waals surface area contributed by atoms with Gasteiger partial charge in [-0.25, -0.2) is 0 Å². The minimum absolute atomic E-state index is 0.127. The highest BCUT2D eigenvalue weighted by Gasteiger charge is 2.24. The molecule has 2 rings (SSSR count). The Hall–Kier alpha value is -1.81. The van der Waals surface area contributed by atoms with E-state index >= 15 is 0 Å². The van der Waals surface area contributed by atoms with Gasteiger partial charge in [0, 0.05) is 15.7 Å². The van der Waals surface area contributed by atoms with E-state index in [1.165, 1.54) is 0 Å². The Morgan fingerprint density at radius 2 is 2.21 bits per heavy atom. The molecule has 1 amide bonds. The van der Waals surface area contributed by atoms with E-state index in [0.29, 0.717) is 17.1 Å². The van der Waals surface area contributed by atoms with Crippen molar-refractivity contribution in [3.8, 4) is 0 Å². The first-order valence-electron chi connectivity index (χ1n) is 5.84. The van der Waals surface area contributed by atoms with Crippen molar-refractivity contribution in [2.75, 3.05) is 5.32 Å². The molecule has 1 aliphatic rings. The molecule has 0 aliphatic carbocycles. The largest absolute Gasteiger partial charge is 0.463 e. The molecule has 1 aliphatic heterocycles. The summed E-state index contributed by atoms with van der Waals surface area (Å²) in [4.78, 5) is 12.0. The average Bonchev–Trinajstić information content (AvgIpc) is 2.64. The van der Waals surface area contributed by atoms with Gasteiger partial charge < -0.3 is 10.1 Å². The van der Waals surface area contributed by atoms with Gasteiger partial charge in [-0.3, -0.25) is 4.79 Å². The maximum absolute atomic E-state index is 12.0. The van der Waals surface area contributed by atoms with Crippen molar-refractivity contribution >= 4 is 33.1 Å². The summed E-state index contributed by atoms with van der Waals surface area (Å²) in [6, 6.07) is 5.67. The summed E-state index contributed by atoms with van der Waals surface area (Å²) in [6.07, 6.45) is 3.52. The Kier molecular flexibility index (Phi) is 3.90. The number of amides is 1. The topological polar surface area (TPSA) is 38.3 Å². The first-order valence-corrected chi connectivity index (χ1v) is 6.63. The SMILES string of the molecule is C=C(C)OC(=C\C)/C=C1\C(=O)Nc2ccc(Br)cc21. The fraction of sp³-hybridized carbons (Fsp3) is 0.133.